The fourth-order valence-electron chi connectivity index (χ4n) is 2.37. The van der Waals surface area contributed by atoms with E-state index < -0.39 is 46.7 Å². The highest BCUT2D eigenvalue weighted by molar-refractivity contribution is 8.76. The van der Waals surface area contributed by atoms with Crippen molar-refractivity contribution < 1.29 is 29.4 Å². The average molecular weight is 467 g/mol. The Bertz CT molecular complexity index is 598. The summed E-state index contributed by atoms with van der Waals surface area (Å²) in [5, 5.41) is 19.0. The number of aliphatic carboxylic acids is 2. The monoisotopic (exact) mass is 466 g/mol. The summed E-state index contributed by atoms with van der Waals surface area (Å²) in [5.41, 5.74) is 18.9. The quantitative estimate of drug-likeness (QED) is 0.105. The van der Waals surface area contributed by atoms with Crippen LogP contribution in [0.1, 0.15) is 40.5 Å². The van der Waals surface area contributed by atoms with Crippen molar-refractivity contribution in [1.82, 2.24) is 0 Å². The molecule has 0 heterocycles. The molecule has 6 atom stereocenters. The standard InChI is InChI=1S/C18H34N4O6S2/c1-5-9(3)11(19)13(23)17(21,15(25)26)7-29-30-8-18(22,16(27)28)14(24)12(20)10(4)6-2/h9-12H,5-8,19-22H2,1-4H3,(H,25,26)(H,27,28)/t9?,10?,11-,12-,17+,18+/m0/s1. The molecule has 0 aliphatic heterocycles. The Morgan fingerprint density at radius 3 is 1.23 bits per heavy atom. The molecule has 0 fully saturated rings. The van der Waals surface area contributed by atoms with Crippen molar-refractivity contribution in [2.75, 3.05) is 11.5 Å². The molecule has 0 bridgehead atoms. The first kappa shape index (κ1) is 28.8. The molecule has 0 radical (unpaired) electrons. The number of nitrogens with two attached hydrogens (primary N) is 4. The van der Waals surface area contributed by atoms with Gasteiger partial charge in [0.1, 0.15) is 0 Å². The van der Waals surface area contributed by atoms with Gasteiger partial charge in [-0.05, 0) is 11.8 Å². The fourth-order valence-corrected chi connectivity index (χ4v) is 5.05. The Morgan fingerprint density at radius 2 is 1.03 bits per heavy atom. The van der Waals surface area contributed by atoms with Gasteiger partial charge in [0, 0.05) is 11.5 Å². The van der Waals surface area contributed by atoms with Gasteiger partial charge in [0.25, 0.3) is 0 Å². The first-order chi connectivity index (χ1) is 13.7. The summed E-state index contributed by atoms with van der Waals surface area (Å²) in [6, 6.07) is -2.10. The Kier molecular flexibility index (Phi) is 11.5. The topological polar surface area (TPSA) is 213 Å². The van der Waals surface area contributed by atoms with Crippen LogP contribution in [-0.4, -0.2) is 68.4 Å². The molecule has 0 aromatic carbocycles. The van der Waals surface area contributed by atoms with Crippen molar-refractivity contribution in [1.29, 1.82) is 0 Å². The van der Waals surface area contributed by atoms with Gasteiger partial charge in [-0.1, -0.05) is 62.1 Å². The van der Waals surface area contributed by atoms with Gasteiger partial charge in [-0.3, -0.25) is 9.59 Å². The third-order valence-corrected chi connectivity index (χ3v) is 7.94. The summed E-state index contributed by atoms with van der Waals surface area (Å²) in [4.78, 5) is 48.5. The lowest BCUT2D eigenvalue weighted by molar-refractivity contribution is -0.149. The van der Waals surface area contributed by atoms with Gasteiger partial charge in [0.05, 0.1) is 12.1 Å². The maximum atomic E-state index is 12.6. The molecule has 0 aromatic rings. The molecule has 12 heteroatoms. The van der Waals surface area contributed by atoms with Crippen molar-refractivity contribution in [2.24, 2.45) is 34.8 Å². The van der Waals surface area contributed by atoms with Crippen molar-refractivity contribution in [3.8, 4) is 0 Å². The van der Waals surface area contributed by atoms with E-state index in [9.17, 15) is 29.4 Å². The molecule has 174 valence electrons. The van der Waals surface area contributed by atoms with Crippen molar-refractivity contribution in [3.05, 3.63) is 0 Å². The number of carbonyl (C=O) groups excluding carboxylic acids is 2. The molecular weight excluding hydrogens is 432 g/mol. The number of ketones is 2. The maximum absolute atomic E-state index is 12.6. The molecule has 0 spiro atoms. The summed E-state index contributed by atoms with van der Waals surface area (Å²) < 4.78 is 0. The molecular formula is C18H34N4O6S2. The van der Waals surface area contributed by atoms with E-state index >= 15 is 0 Å². The van der Waals surface area contributed by atoms with Crippen LogP contribution in [0.2, 0.25) is 0 Å². The highest BCUT2D eigenvalue weighted by Gasteiger charge is 2.47. The Morgan fingerprint density at radius 1 is 0.767 bits per heavy atom. The normalized spacial score (nSPS) is 19.6. The molecule has 0 amide bonds. The van der Waals surface area contributed by atoms with Gasteiger partial charge in [0.2, 0.25) is 0 Å². The van der Waals surface area contributed by atoms with Crippen LogP contribution >= 0.6 is 21.6 Å². The van der Waals surface area contributed by atoms with E-state index in [2.05, 4.69) is 0 Å². The predicted octanol–water partition coefficient (Wildman–Crippen LogP) is -0.183. The molecule has 10 N–H and O–H groups in total. The van der Waals surface area contributed by atoms with Gasteiger partial charge in [-0.15, -0.1) is 0 Å². The van der Waals surface area contributed by atoms with Crippen molar-refractivity contribution >= 4 is 45.1 Å². The number of rotatable bonds is 15. The van der Waals surface area contributed by atoms with E-state index in [1.807, 2.05) is 13.8 Å². The highest BCUT2D eigenvalue weighted by atomic mass is 33.1. The summed E-state index contributed by atoms with van der Waals surface area (Å²) in [7, 11) is 1.68. The largest absolute Gasteiger partial charge is 0.480 e. The van der Waals surface area contributed by atoms with E-state index in [0.717, 1.165) is 21.6 Å². The van der Waals surface area contributed by atoms with Gasteiger partial charge in [-0.25, -0.2) is 9.59 Å². The number of carboxylic acid groups (broad SMARTS) is 2. The second kappa shape index (κ2) is 12.0. The smallest absolute Gasteiger partial charge is 0.332 e. The SMILES string of the molecule is CCC(C)[C@H](N)C(=O)[C@](N)(CSSC[C@](N)(C(=O)O)C(=O)[C@@H](N)C(C)CC)C(=O)O. The number of Topliss-reactive ketones (excluding diaryl/α,β-unsaturated/α-hetero) is 2. The van der Waals surface area contributed by atoms with Gasteiger partial charge in [0.15, 0.2) is 22.6 Å². The van der Waals surface area contributed by atoms with Crippen LogP contribution < -0.4 is 22.9 Å². The zero-order valence-corrected chi connectivity index (χ0v) is 19.4. The third kappa shape index (κ3) is 6.66. The zero-order chi connectivity index (χ0) is 23.9. The number of hydrogen-bond donors (Lipinski definition) is 6. The molecule has 0 aliphatic carbocycles. The highest BCUT2D eigenvalue weighted by Crippen LogP contribution is 2.30. The average Bonchev–Trinajstić information content (AvgIpc) is 2.72. The number of hydrogen-bond acceptors (Lipinski definition) is 10. The van der Waals surface area contributed by atoms with Crippen LogP contribution in [0.15, 0.2) is 0 Å². The van der Waals surface area contributed by atoms with Gasteiger partial charge < -0.3 is 33.1 Å². The second-order valence-corrected chi connectivity index (χ2v) is 10.1. The Hall–Kier alpha value is -1.18. The van der Waals surface area contributed by atoms with Crippen LogP contribution in [0.3, 0.4) is 0 Å². The van der Waals surface area contributed by atoms with Crippen molar-refractivity contribution in [2.45, 2.75) is 63.7 Å². The van der Waals surface area contributed by atoms with Crippen molar-refractivity contribution in [3.63, 3.8) is 0 Å². The number of carbonyl (C=O) groups is 4. The molecule has 0 aromatic heterocycles. The summed E-state index contributed by atoms with van der Waals surface area (Å²) in [6.07, 6.45) is 1.13. The van der Waals surface area contributed by atoms with Gasteiger partial charge in [-0.2, -0.15) is 0 Å². The van der Waals surface area contributed by atoms with E-state index in [1.165, 1.54) is 0 Å². The van der Waals surface area contributed by atoms with E-state index in [-0.39, 0.29) is 23.3 Å². The third-order valence-electron chi connectivity index (χ3n) is 5.42. The molecule has 2 unspecified atom stereocenters. The minimum Gasteiger partial charge on any atom is -0.480 e. The molecule has 0 aliphatic rings. The van der Waals surface area contributed by atoms with Crippen LogP contribution in [0.25, 0.3) is 0 Å². The first-order valence-corrected chi connectivity index (χ1v) is 12.1. The summed E-state index contributed by atoms with van der Waals surface area (Å²) >= 11 is 0. The summed E-state index contributed by atoms with van der Waals surface area (Å²) in [5.74, 6) is -5.98. The summed E-state index contributed by atoms with van der Waals surface area (Å²) in [6.45, 7) is 7.06. The predicted molar refractivity (Wildman–Crippen MR) is 119 cm³/mol. The zero-order valence-electron chi connectivity index (χ0n) is 17.8. The second-order valence-electron chi connectivity index (χ2n) is 7.63. The molecule has 0 saturated carbocycles. The lowest BCUT2D eigenvalue weighted by Gasteiger charge is -2.30. The van der Waals surface area contributed by atoms with E-state index in [0.29, 0.717) is 12.8 Å². The molecule has 0 rings (SSSR count). The lowest BCUT2D eigenvalue weighted by atomic mass is 9.85. The Balaban J connectivity index is 5.27. The molecule has 10 nitrogen and oxygen atoms in total. The lowest BCUT2D eigenvalue weighted by Crippen LogP contribution is -2.63. The minimum absolute atomic E-state index is 0.263. The van der Waals surface area contributed by atoms with E-state index in [1.54, 1.807) is 13.8 Å². The van der Waals surface area contributed by atoms with Crippen LogP contribution in [0.5, 0.6) is 0 Å². The minimum atomic E-state index is -2.25. The van der Waals surface area contributed by atoms with E-state index in [4.69, 9.17) is 22.9 Å². The van der Waals surface area contributed by atoms with Gasteiger partial charge >= 0.3 is 11.9 Å². The van der Waals surface area contributed by atoms with Crippen LogP contribution in [0.4, 0.5) is 0 Å². The maximum Gasteiger partial charge on any atom is 0.332 e. The Labute approximate surface area is 184 Å². The fraction of sp³-hybridized carbons (Fsp3) is 0.778. The number of carboxylic acids is 2. The van der Waals surface area contributed by atoms with Crippen LogP contribution in [0, 0.1) is 11.8 Å². The van der Waals surface area contributed by atoms with Crippen LogP contribution in [-0.2, 0) is 19.2 Å². The first-order valence-electron chi connectivity index (χ1n) is 9.59. The molecule has 0 saturated heterocycles. The molecule has 30 heavy (non-hydrogen) atoms.